The molecule has 2 heterocycles. The predicted octanol–water partition coefficient (Wildman–Crippen LogP) is 4.13. The predicted molar refractivity (Wildman–Crippen MR) is 99.1 cm³/mol. The molecule has 8 nitrogen and oxygen atoms in total. The fourth-order valence-corrected chi connectivity index (χ4v) is 3.35. The molecule has 1 aromatic carbocycles. The molecule has 0 saturated carbocycles. The number of pyridine rings is 1. The number of rotatable bonds is 5. The lowest BCUT2D eigenvalue weighted by atomic mass is 10.1. The van der Waals surface area contributed by atoms with Crippen LogP contribution in [0.15, 0.2) is 33.7 Å². The molecule has 0 fully saturated rings. The van der Waals surface area contributed by atoms with Crippen molar-refractivity contribution in [2.45, 2.75) is 31.6 Å². The van der Waals surface area contributed by atoms with E-state index in [0.717, 1.165) is 16.8 Å². The van der Waals surface area contributed by atoms with Crippen LogP contribution in [-0.2, 0) is 5.75 Å². The van der Waals surface area contributed by atoms with Gasteiger partial charge in [0.15, 0.2) is 0 Å². The van der Waals surface area contributed by atoms with Gasteiger partial charge in [0.25, 0.3) is 5.69 Å². The summed E-state index contributed by atoms with van der Waals surface area (Å²) in [5.41, 5.74) is 3.96. The maximum Gasteiger partial charge on any atom is 0.269 e. The molecule has 0 radical (unpaired) electrons. The molecule has 0 spiro atoms. The number of benzene rings is 1. The first-order chi connectivity index (χ1) is 12.9. The second-order valence-electron chi connectivity index (χ2n) is 5.83. The summed E-state index contributed by atoms with van der Waals surface area (Å²) >= 11 is 1.36. The van der Waals surface area contributed by atoms with Gasteiger partial charge in [0.2, 0.25) is 11.8 Å². The van der Waals surface area contributed by atoms with Gasteiger partial charge < -0.3 is 4.42 Å². The Morgan fingerprint density at radius 2 is 1.89 bits per heavy atom. The molecule has 27 heavy (non-hydrogen) atoms. The third-order valence-electron chi connectivity index (χ3n) is 4.20. The molecular formula is C18H15N5O3S. The van der Waals surface area contributed by atoms with Crippen molar-refractivity contribution in [2.24, 2.45) is 0 Å². The van der Waals surface area contributed by atoms with Crippen molar-refractivity contribution in [3.8, 4) is 17.5 Å². The Morgan fingerprint density at radius 3 is 2.52 bits per heavy atom. The Bertz CT molecular complexity index is 1050. The molecule has 0 atom stereocenters. The largest absolute Gasteiger partial charge is 0.420 e. The van der Waals surface area contributed by atoms with E-state index >= 15 is 0 Å². The molecule has 0 aliphatic heterocycles. The van der Waals surface area contributed by atoms with Crippen LogP contribution < -0.4 is 0 Å². The van der Waals surface area contributed by atoms with Crippen LogP contribution in [0, 0.1) is 42.2 Å². The number of nitro benzene ring substituents is 1. The van der Waals surface area contributed by atoms with Gasteiger partial charge in [-0.25, -0.2) is 4.98 Å². The lowest BCUT2D eigenvalue weighted by Crippen LogP contribution is -1.99. The highest BCUT2D eigenvalue weighted by Gasteiger charge is 2.15. The highest BCUT2D eigenvalue weighted by Crippen LogP contribution is 2.29. The zero-order chi connectivity index (χ0) is 19.6. The van der Waals surface area contributed by atoms with Crippen molar-refractivity contribution >= 4 is 17.4 Å². The fraction of sp³-hybridized carbons (Fsp3) is 0.222. The van der Waals surface area contributed by atoms with Gasteiger partial charge in [0.05, 0.1) is 16.2 Å². The van der Waals surface area contributed by atoms with Gasteiger partial charge in [0, 0.05) is 23.4 Å². The van der Waals surface area contributed by atoms with Crippen molar-refractivity contribution in [3.05, 3.63) is 62.7 Å². The number of aryl methyl sites for hydroxylation is 1. The maximum atomic E-state index is 10.7. The van der Waals surface area contributed by atoms with Crippen molar-refractivity contribution in [2.75, 3.05) is 0 Å². The Hall–Kier alpha value is -3.25. The summed E-state index contributed by atoms with van der Waals surface area (Å²) in [4.78, 5) is 14.7. The Morgan fingerprint density at radius 1 is 1.19 bits per heavy atom. The molecule has 0 aliphatic carbocycles. The van der Waals surface area contributed by atoms with E-state index in [9.17, 15) is 15.4 Å². The molecular weight excluding hydrogens is 366 g/mol. The lowest BCUT2D eigenvalue weighted by molar-refractivity contribution is -0.384. The minimum absolute atomic E-state index is 0.00531. The maximum absolute atomic E-state index is 10.7. The molecule has 3 aromatic rings. The molecule has 0 aliphatic rings. The monoisotopic (exact) mass is 381 g/mol. The van der Waals surface area contributed by atoms with Gasteiger partial charge in [-0.05, 0) is 44.0 Å². The smallest absolute Gasteiger partial charge is 0.269 e. The molecule has 9 heteroatoms. The molecule has 0 bridgehead atoms. The number of hydrogen-bond donors (Lipinski definition) is 0. The molecule has 0 amide bonds. The minimum atomic E-state index is -0.467. The summed E-state index contributed by atoms with van der Waals surface area (Å²) in [7, 11) is 0. The summed E-state index contributed by atoms with van der Waals surface area (Å²) in [6.07, 6.45) is 0. The standard InChI is InChI=1S/C18H15N5O3S/c1-10-11(2)15(8-19)18(20-12(10)3)27-9-16-21-22-17(26-16)13-4-6-14(7-5-13)23(24)25/h4-7H,9H2,1-3H3. The fourth-order valence-electron chi connectivity index (χ4n) is 2.43. The molecule has 0 saturated heterocycles. The van der Waals surface area contributed by atoms with E-state index in [4.69, 9.17) is 4.42 Å². The number of thioether (sulfide) groups is 1. The molecule has 3 rings (SSSR count). The Labute approximate surface area is 159 Å². The van der Waals surface area contributed by atoms with Crippen molar-refractivity contribution in [3.63, 3.8) is 0 Å². The molecule has 0 unspecified atom stereocenters. The number of nitro groups is 1. The van der Waals surface area contributed by atoms with E-state index in [1.54, 1.807) is 12.1 Å². The van der Waals surface area contributed by atoms with Gasteiger partial charge in [-0.3, -0.25) is 10.1 Å². The van der Waals surface area contributed by atoms with Gasteiger partial charge >= 0.3 is 0 Å². The zero-order valence-corrected chi connectivity index (χ0v) is 15.7. The second-order valence-corrected chi connectivity index (χ2v) is 6.80. The zero-order valence-electron chi connectivity index (χ0n) is 14.9. The number of hydrogen-bond acceptors (Lipinski definition) is 8. The summed E-state index contributed by atoms with van der Waals surface area (Å²) < 4.78 is 5.63. The van der Waals surface area contributed by atoms with Crippen molar-refractivity contribution in [1.29, 1.82) is 5.26 Å². The second kappa shape index (κ2) is 7.55. The van der Waals surface area contributed by atoms with Gasteiger partial charge in [-0.2, -0.15) is 5.26 Å². The van der Waals surface area contributed by atoms with Crippen LogP contribution in [-0.4, -0.2) is 20.1 Å². The molecule has 136 valence electrons. The number of nitrogens with zero attached hydrogens (tertiary/aromatic N) is 5. The van der Waals surface area contributed by atoms with Crippen molar-refractivity contribution in [1.82, 2.24) is 15.2 Å². The first-order valence-electron chi connectivity index (χ1n) is 7.98. The first kappa shape index (κ1) is 18.5. The van der Waals surface area contributed by atoms with Crippen LogP contribution in [0.25, 0.3) is 11.5 Å². The summed E-state index contributed by atoms with van der Waals surface area (Å²) in [6, 6.07) is 8.10. The van der Waals surface area contributed by atoms with E-state index in [1.165, 1.54) is 23.9 Å². The van der Waals surface area contributed by atoms with E-state index in [-0.39, 0.29) is 11.6 Å². The van der Waals surface area contributed by atoms with Gasteiger partial charge in [0.1, 0.15) is 11.1 Å². The van der Waals surface area contributed by atoms with Crippen LogP contribution in [0.5, 0.6) is 0 Å². The van der Waals surface area contributed by atoms with E-state index < -0.39 is 4.92 Å². The molecule has 0 N–H and O–H groups in total. The van der Waals surface area contributed by atoms with E-state index in [1.807, 2.05) is 20.8 Å². The minimum Gasteiger partial charge on any atom is -0.420 e. The summed E-state index contributed by atoms with van der Waals surface area (Å²) in [5.74, 6) is 1.03. The molecule has 2 aromatic heterocycles. The highest BCUT2D eigenvalue weighted by molar-refractivity contribution is 7.98. The van der Waals surface area contributed by atoms with Crippen molar-refractivity contribution < 1.29 is 9.34 Å². The van der Waals surface area contributed by atoms with Crippen LogP contribution in [0.3, 0.4) is 0 Å². The van der Waals surface area contributed by atoms with Crippen LogP contribution in [0.4, 0.5) is 5.69 Å². The Kier molecular flexibility index (Phi) is 5.19. The normalized spacial score (nSPS) is 10.6. The topological polar surface area (TPSA) is 119 Å². The Balaban J connectivity index is 1.77. The SMILES string of the molecule is Cc1nc(SCc2nnc(-c3ccc([N+](=O)[O-])cc3)o2)c(C#N)c(C)c1C. The van der Waals surface area contributed by atoms with E-state index in [2.05, 4.69) is 21.3 Å². The van der Waals surface area contributed by atoms with Gasteiger partial charge in [-0.1, -0.05) is 11.8 Å². The average molecular weight is 381 g/mol. The lowest BCUT2D eigenvalue weighted by Gasteiger charge is -2.10. The number of nitriles is 1. The van der Waals surface area contributed by atoms with Gasteiger partial charge in [-0.15, -0.1) is 10.2 Å². The van der Waals surface area contributed by atoms with Crippen LogP contribution in [0.1, 0.15) is 28.3 Å². The highest BCUT2D eigenvalue weighted by atomic mass is 32.2. The summed E-state index contributed by atoms with van der Waals surface area (Å²) in [6.45, 7) is 5.76. The average Bonchev–Trinajstić information content (AvgIpc) is 3.13. The number of aromatic nitrogens is 3. The number of non-ortho nitro benzene ring substituents is 1. The summed E-state index contributed by atoms with van der Waals surface area (Å²) in [5, 5.41) is 28.8. The first-order valence-corrected chi connectivity index (χ1v) is 8.97. The third-order valence-corrected chi connectivity index (χ3v) is 5.16. The van der Waals surface area contributed by atoms with Crippen LogP contribution >= 0.6 is 11.8 Å². The van der Waals surface area contributed by atoms with Crippen LogP contribution in [0.2, 0.25) is 0 Å². The van der Waals surface area contributed by atoms with E-state index in [0.29, 0.717) is 27.8 Å². The third kappa shape index (κ3) is 3.80. The quantitative estimate of drug-likeness (QED) is 0.368.